The summed E-state index contributed by atoms with van der Waals surface area (Å²) in [6.07, 6.45) is -7.41. The van der Waals surface area contributed by atoms with E-state index in [2.05, 4.69) is 0 Å². The highest BCUT2D eigenvalue weighted by Crippen LogP contribution is 2.34. The maximum atomic E-state index is 11.3. The number of aliphatic hydroxyl groups is 4. The number of ether oxygens (including phenoxy) is 2. The Labute approximate surface area is 130 Å². The summed E-state index contributed by atoms with van der Waals surface area (Å²) in [7, 11) is 0. The smallest absolute Gasteiger partial charge is 0.229 e. The summed E-state index contributed by atoms with van der Waals surface area (Å²) < 4.78 is 10.4. The molecule has 0 aromatic heterocycles. The second-order valence-corrected chi connectivity index (χ2v) is 5.21. The summed E-state index contributed by atoms with van der Waals surface area (Å²) in [6.45, 7) is 0.539. The number of phenolic OH excluding ortho intramolecular Hbond substituents is 2. The number of hydrogen-bond donors (Lipinski definition) is 6. The van der Waals surface area contributed by atoms with Gasteiger partial charge in [0.05, 0.1) is 6.61 Å². The molecule has 0 spiro atoms. The first-order valence-corrected chi connectivity index (χ1v) is 6.80. The van der Waals surface area contributed by atoms with E-state index in [1.54, 1.807) is 0 Å². The first-order valence-electron chi connectivity index (χ1n) is 6.80. The van der Waals surface area contributed by atoms with E-state index in [1.807, 2.05) is 0 Å². The van der Waals surface area contributed by atoms with Crippen molar-refractivity contribution in [3.63, 3.8) is 0 Å². The fraction of sp³-hybridized carbons (Fsp3) is 0.500. The van der Waals surface area contributed by atoms with E-state index in [-0.39, 0.29) is 11.3 Å². The summed E-state index contributed by atoms with van der Waals surface area (Å²) in [5.41, 5.74) is -0.286. The Balaban J connectivity index is 2.23. The fourth-order valence-corrected chi connectivity index (χ4v) is 2.31. The van der Waals surface area contributed by atoms with Crippen molar-refractivity contribution >= 4 is 5.78 Å². The van der Waals surface area contributed by atoms with Gasteiger partial charge in [0.15, 0.2) is 5.78 Å². The molecule has 0 amide bonds. The van der Waals surface area contributed by atoms with Crippen LogP contribution in [-0.2, 0) is 4.74 Å². The van der Waals surface area contributed by atoms with Gasteiger partial charge < -0.3 is 40.1 Å². The molecule has 2 rings (SSSR count). The van der Waals surface area contributed by atoms with Crippen LogP contribution in [0.3, 0.4) is 0 Å². The van der Waals surface area contributed by atoms with Gasteiger partial charge in [-0.1, -0.05) is 0 Å². The van der Waals surface area contributed by atoms with Crippen LogP contribution < -0.4 is 4.74 Å². The summed E-state index contributed by atoms with van der Waals surface area (Å²) >= 11 is 0. The Morgan fingerprint density at radius 1 is 1.13 bits per heavy atom. The quantitative estimate of drug-likeness (QED) is 0.361. The molecule has 0 bridgehead atoms. The first-order chi connectivity index (χ1) is 10.8. The molecule has 128 valence electrons. The second-order valence-electron chi connectivity index (χ2n) is 5.21. The third-order valence-corrected chi connectivity index (χ3v) is 3.52. The van der Waals surface area contributed by atoms with Crippen LogP contribution in [0.5, 0.6) is 17.2 Å². The van der Waals surface area contributed by atoms with Gasteiger partial charge in [0.2, 0.25) is 6.29 Å². The Bertz CT molecular complexity index is 563. The van der Waals surface area contributed by atoms with Gasteiger partial charge in [0, 0.05) is 12.1 Å². The van der Waals surface area contributed by atoms with Crippen LogP contribution in [0.2, 0.25) is 0 Å². The number of aliphatic hydroxyl groups excluding tert-OH is 4. The molecule has 1 aromatic rings. The molecule has 1 heterocycles. The molecule has 1 aromatic carbocycles. The summed E-state index contributed by atoms with van der Waals surface area (Å²) in [4.78, 5) is 11.3. The molecule has 1 saturated heterocycles. The van der Waals surface area contributed by atoms with Crippen molar-refractivity contribution in [2.75, 3.05) is 6.61 Å². The van der Waals surface area contributed by atoms with Crippen LogP contribution in [-0.4, -0.2) is 73.7 Å². The number of rotatable bonds is 4. The molecule has 5 atom stereocenters. The Kier molecular flexibility index (Phi) is 5.07. The maximum Gasteiger partial charge on any atom is 0.229 e. The van der Waals surface area contributed by atoms with Crippen molar-refractivity contribution in [1.29, 1.82) is 0 Å². The van der Waals surface area contributed by atoms with Crippen LogP contribution in [0.1, 0.15) is 17.3 Å². The average molecular weight is 330 g/mol. The van der Waals surface area contributed by atoms with Gasteiger partial charge in [-0.05, 0) is 6.92 Å². The highest BCUT2D eigenvalue weighted by Gasteiger charge is 2.44. The molecule has 0 saturated carbocycles. The monoisotopic (exact) mass is 330 g/mol. The molecule has 1 aliphatic heterocycles. The van der Waals surface area contributed by atoms with E-state index in [0.29, 0.717) is 0 Å². The van der Waals surface area contributed by atoms with E-state index in [0.717, 1.165) is 19.1 Å². The number of aromatic hydroxyl groups is 2. The molecule has 1 aliphatic rings. The van der Waals surface area contributed by atoms with E-state index < -0.39 is 54.6 Å². The SMILES string of the molecule is CC(=O)c1c(O)cc(OC2OC(CO)C(O)C(O)C2O)cc1O. The molecule has 5 unspecified atom stereocenters. The van der Waals surface area contributed by atoms with Gasteiger partial charge in [-0.15, -0.1) is 0 Å². The van der Waals surface area contributed by atoms with E-state index in [1.165, 1.54) is 0 Å². The minimum absolute atomic E-state index is 0.144. The molecule has 9 heteroatoms. The van der Waals surface area contributed by atoms with Crippen molar-refractivity contribution in [1.82, 2.24) is 0 Å². The van der Waals surface area contributed by atoms with Crippen molar-refractivity contribution in [3.05, 3.63) is 17.7 Å². The van der Waals surface area contributed by atoms with Gasteiger partial charge in [-0.2, -0.15) is 0 Å². The summed E-state index contributed by atoms with van der Waals surface area (Å²) in [5.74, 6) is -1.76. The zero-order valence-corrected chi connectivity index (χ0v) is 12.2. The standard InChI is InChI=1S/C14H18O9/c1-5(16)10-7(17)2-6(3-8(10)18)22-14-13(21)12(20)11(19)9(4-15)23-14/h2-3,9,11-15,17-21H,4H2,1H3. The van der Waals surface area contributed by atoms with Crippen LogP contribution in [0.15, 0.2) is 12.1 Å². The van der Waals surface area contributed by atoms with Gasteiger partial charge >= 0.3 is 0 Å². The number of carbonyl (C=O) groups is 1. The highest BCUT2D eigenvalue weighted by atomic mass is 16.7. The second kappa shape index (κ2) is 6.69. The fourth-order valence-electron chi connectivity index (χ4n) is 2.31. The lowest BCUT2D eigenvalue weighted by Gasteiger charge is -2.39. The van der Waals surface area contributed by atoms with Crippen molar-refractivity contribution in [3.8, 4) is 17.2 Å². The Morgan fingerprint density at radius 2 is 1.70 bits per heavy atom. The summed E-state index contributed by atoms with van der Waals surface area (Å²) in [6, 6.07) is 2.05. The predicted octanol–water partition coefficient (Wildman–Crippen LogP) is -1.52. The third-order valence-electron chi connectivity index (χ3n) is 3.52. The predicted molar refractivity (Wildman–Crippen MR) is 74.2 cm³/mol. The molecule has 1 fully saturated rings. The van der Waals surface area contributed by atoms with Gasteiger partial charge in [-0.3, -0.25) is 4.79 Å². The lowest BCUT2D eigenvalue weighted by atomic mass is 9.99. The number of carbonyl (C=O) groups excluding carboxylic acids is 1. The minimum Gasteiger partial charge on any atom is -0.507 e. The number of ketones is 1. The molecule has 23 heavy (non-hydrogen) atoms. The molecular weight excluding hydrogens is 312 g/mol. The highest BCUT2D eigenvalue weighted by molar-refractivity contribution is 5.99. The third kappa shape index (κ3) is 3.38. The number of Topliss-reactive ketones (excluding diaryl/α,β-unsaturated/α-hetero) is 1. The molecule has 6 N–H and O–H groups in total. The molecule has 0 radical (unpaired) electrons. The van der Waals surface area contributed by atoms with E-state index in [4.69, 9.17) is 14.6 Å². The topological polar surface area (TPSA) is 157 Å². The zero-order valence-electron chi connectivity index (χ0n) is 12.2. The van der Waals surface area contributed by atoms with Gasteiger partial charge in [0.1, 0.15) is 47.2 Å². The maximum absolute atomic E-state index is 11.3. The first kappa shape index (κ1) is 17.4. The lowest BCUT2D eigenvalue weighted by molar-refractivity contribution is -0.277. The van der Waals surface area contributed by atoms with Crippen LogP contribution in [0.4, 0.5) is 0 Å². The normalized spacial score (nSPS) is 30.9. The zero-order chi connectivity index (χ0) is 17.3. The molecular formula is C14H18O9. The van der Waals surface area contributed by atoms with Gasteiger partial charge in [-0.25, -0.2) is 0 Å². The lowest BCUT2D eigenvalue weighted by Crippen LogP contribution is -2.60. The number of phenols is 2. The number of benzene rings is 1. The number of hydrogen-bond acceptors (Lipinski definition) is 9. The minimum atomic E-state index is -1.63. The Morgan fingerprint density at radius 3 is 2.17 bits per heavy atom. The van der Waals surface area contributed by atoms with Crippen molar-refractivity contribution in [2.45, 2.75) is 37.6 Å². The van der Waals surface area contributed by atoms with Crippen LogP contribution >= 0.6 is 0 Å². The van der Waals surface area contributed by atoms with Crippen molar-refractivity contribution in [2.24, 2.45) is 0 Å². The molecule has 0 aliphatic carbocycles. The van der Waals surface area contributed by atoms with Crippen molar-refractivity contribution < 1.29 is 44.9 Å². The largest absolute Gasteiger partial charge is 0.507 e. The summed E-state index contributed by atoms with van der Waals surface area (Å²) in [5, 5.41) is 57.7. The van der Waals surface area contributed by atoms with Crippen LogP contribution in [0.25, 0.3) is 0 Å². The van der Waals surface area contributed by atoms with Gasteiger partial charge in [0.25, 0.3) is 0 Å². The average Bonchev–Trinajstić information content (AvgIpc) is 2.46. The van der Waals surface area contributed by atoms with E-state index in [9.17, 15) is 30.3 Å². The Hall–Kier alpha value is -1.91. The molecule has 9 nitrogen and oxygen atoms in total. The van der Waals surface area contributed by atoms with Crippen LogP contribution in [0, 0.1) is 0 Å². The van der Waals surface area contributed by atoms with E-state index >= 15 is 0 Å².